The third-order valence-electron chi connectivity index (χ3n) is 6.59. The van der Waals surface area contributed by atoms with Crippen LogP contribution in [0.1, 0.15) is 33.9 Å². The second kappa shape index (κ2) is 11.3. The van der Waals surface area contributed by atoms with Crippen LogP contribution in [-0.2, 0) is 11.2 Å². The zero-order valence-electron chi connectivity index (χ0n) is 34.2. The summed E-state index contributed by atoms with van der Waals surface area (Å²) in [5.74, 6) is -3.59. The number of benzene rings is 1. The van der Waals surface area contributed by atoms with E-state index in [-0.39, 0.29) is 61.9 Å². The normalized spacial score (nSPS) is 25.0. The second-order valence-electron chi connectivity index (χ2n) is 9.34. The molecule has 3 aromatic heterocycles. The van der Waals surface area contributed by atoms with Crippen LogP contribution in [0.3, 0.4) is 0 Å². The number of carbonyl (C=O) groups excluding carboxylic acids is 1. The fourth-order valence-corrected chi connectivity index (χ4v) is 5.28. The number of piperazine rings is 1. The van der Waals surface area contributed by atoms with Crippen molar-refractivity contribution in [3.63, 3.8) is 0 Å². The van der Waals surface area contributed by atoms with Crippen molar-refractivity contribution in [2.75, 3.05) is 62.5 Å². The van der Waals surface area contributed by atoms with Gasteiger partial charge < -0.3 is 19.8 Å². The summed E-state index contributed by atoms with van der Waals surface area (Å²) in [4.78, 5) is 19.7. The lowest BCUT2D eigenvalue weighted by Crippen LogP contribution is -2.57. The zero-order valence-corrected chi connectivity index (χ0v) is 23.0. The summed E-state index contributed by atoms with van der Waals surface area (Å²) in [6, 6.07) is -0.665. The predicted octanol–water partition coefficient (Wildman–Crippen LogP) is 3.26. The molecule has 1 aromatic carbocycles. The van der Waals surface area contributed by atoms with Crippen molar-refractivity contribution in [3.05, 3.63) is 58.6 Å². The molecule has 1 amide bonds. The highest BCUT2D eigenvalue weighted by Gasteiger charge is 2.31. The summed E-state index contributed by atoms with van der Waals surface area (Å²) in [5.41, 5.74) is -1.24. The summed E-state index contributed by atoms with van der Waals surface area (Å²) < 4.78 is 134. The lowest BCUT2D eigenvalue weighted by atomic mass is 10.1. The molecule has 10 nitrogen and oxygen atoms in total. The lowest BCUT2D eigenvalue weighted by molar-refractivity contribution is -0.142. The number of likely N-dealkylation sites (tertiary alicyclic amines) is 1. The van der Waals surface area contributed by atoms with E-state index in [1.807, 2.05) is 6.07 Å². The van der Waals surface area contributed by atoms with Gasteiger partial charge in [-0.2, -0.15) is 10.4 Å². The minimum Gasteiger partial charge on any atom is -0.389 e. The van der Waals surface area contributed by atoms with Gasteiger partial charge in [0.05, 0.1) is 52.4 Å². The van der Waals surface area contributed by atoms with E-state index in [0.717, 1.165) is 33.0 Å². The van der Waals surface area contributed by atoms with Crippen molar-refractivity contribution in [2.24, 2.45) is 0 Å². The van der Waals surface area contributed by atoms with Gasteiger partial charge in [-0.25, -0.2) is 18.3 Å². The minimum absolute atomic E-state index is 0.00420. The quantitative estimate of drug-likeness (QED) is 0.343. The van der Waals surface area contributed by atoms with Gasteiger partial charge in [0, 0.05) is 57.2 Å². The summed E-state index contributed by atoms with van der Waals surface area (Å²) in [6.45, 7) is -13.7. The fraction of sp³-hybridized carbons (Fsp3) is 0.379. The monoisotopic (exact) mass is 604 g/mol. The largest absolute Gasteiger partial charge is 0.389 e. The van der Waals surface area contributed by atoms with Crippen molar-refractivity contribution in [1.29, 1.82) is 5.26 Å². The van der Waals surface area contributed by atoms with E-state index in [4.69, 9.17) is 16.4 Å². The van der Waals surface area contributed by atoms with Crippen LogP contribution in [0.25, 0.3) is 16.8 Å². The fourth-order valence-electron chi connectivity index (χ4n) is 4.45. The zero-order chi connectivity index (χ0) is 40.2. The smallest absolute Gasteiger partial charge is 0.236 e. The van der Waals surface area contributed by atoms with Gasteiger partial charge in [0.1, 0.15) is 22.5 Å². The van der Waals surface area contributed by atoms with Gasteiger partial charge in [-0.05, 0) is 36.7 Å². The van der Waals surface area contributed by atoms with Crippen molar-refractivity contribution >= 4 is 39.3 Å². The number of nitrogens with zero attached hydrogens (tertiary/aromatic N) is 8. The maximum absolute atomic E-state index is 16.1. The number of rotatable bonds is 7. The molecule has 6 rings (SSSR count). The van der Waals surface area contributed by atoms with Gasteiger partial charge in [-0.1, -0.05) is 18.3 Å². The van der Waals surface area contributed by atoms with Gasteiger partial charge in [0.2, 0.25) is 5.91 Å². The Bertz CT molecular complexity index is 2200. The lowest BCUT2D eigenvalue weighted by Gasteiger charge is -2.39. The summed E-state index contributed by atoms with van der Waals surface area (Å²) >= 11 is 0.749. The average Bonchev–Trinajstić information content (AvgIpc) is 3.67. The highest BCUT2D eigenvalue weighted by atomic mass is 32.1. The van der Waals surface area contributed by atoms with Gasteiger partial charge in [0.25, 0.3) is 0 Å². The number of halogens is 2. The first-order valence-corrected chi connectivity index (χ1v) is 13.4. The molecular formula is C29H30F2N8O2S. The van der Waals surface area contributed by atoms with Crippen LogP contribution in [0, 0.1) is 23.0 Å². The van der Waals surface area contributed by atoms with Crippen LogP contribution in [0.5, 0.6) is 0 Å². The summed E-state index contributed by atoms with van der Waals surface area (Å²) in [7, 11) is 1.45. The first kappa shape index (κ1) is 17.1. The van der Waals surface area contributed by atoms with Crippen LogP contribution in [0.2, 0.25) is 0 Å². The third kappa shape index (κ3) is 5.17. The first-order chi connectivity index (χ1) is 24.9. The van der Waals surface area contributed by atoms with E-state index in [1.54, 1.807) is 6.92 Å². The average molecular weight is 605 g/mol. The number of thiazole rings is 1. The number of pyridine rings is 1. The molecule has 5 heterocycles. The Morgan fingerprint density at radius 2 is 1.98 bits per heavy atom. The van der Waals surface area contributed by atoms with Crippen molar-refractivity contribution in [3.8, 4) is 17.3 Å². The standard InChI is InChI=1S/C29H30F2N8O2S/c1-3-22-28(35(2)29-33-27(25(13-32)42-29)18-4-6-19(30)7-5-18)24-12-23(21(31)16-39(24)34-22)37-10-8-36(9-11-37)17-26(41)38-14-20(40)15-38/h4-7,12,16,20,40H,3,8-11,14-15,17H2,1-2H3/i4D,5D,6D,7D,8D2,9D2,10D2,11D2. The first-order valence-electron chi connectivity index (χ1n) is 18.6. The van der Waals surface area contributed by atoms with E-state index in [2.05, 4.69) is 10.1 Å². The molecule has 13 heteroatoms. The number of β-amino-alcohol motifs (C(OH)–C–C–N with tert-alkyl or cyclic N) is 1. The Kier molecular flexibility index (Phi) is 4.59. The molecule has 218 valence electrons. The molecule has 2 fully saturated rings. The highest BCUT2D eigenvalue weighted by Crippen LogP contribution is 2.39. The number of fused-ring (bicyclic) bond motifs is 1. The number of aryl methyl sites for hydroxylation is 1. The number of hydrogen-bond donors (Lipinski definition) is 1. The predicted molar refractivity (Wildman–Crippen MR) is 156 cm³/mol. The van der Waals surface area contributed by atoms with E-state index < -0.39 is 91.6 Å². The van der Waals surface area contributed by atoms with Crippen molar-refractivity contribution in [2.45, 2.75) is 19.4 Å². The van der Waals surface area contributed by atoms with Crippen molar-refractivity contribution in [1.82, 2.24) is 24.4 Å². The third-order valence-corrected chi connectivity index (χ3v) is 7.63. The summed E-state index contributed by atoms with van der Waals surface area (Å²) in [5, 5.41) is 23.9. The molecule has 2 aliphatic rings. The van der Waals surface area contributed by atoms with Crippen LogP contribution in [0.15, 0.2) is 36.4 Å². The number of aliphatic hydroxyl groups is 1. The van der Waals surface area contributed by atoms with E-state index in [9.17, 15) is 19.6 Å². The van der Waals surface area contributed by atoms with Crippen LogP contribution in [0.4, 0.5) is 25.3 Å². The van der Waals surface area contributed by atoms with E-state index in [0.29, 0.717) is 0 Å². The molecule has 4 aromatic rings. The molecule has 0 radical (unpaired) electrons. The van der Waals surface area contributed by atoms with Crippen LogP contribution < -0.4 is 9.80 Å². The van der Waals surface area contributed by atoms with E-state index >= 15 is 4.39 Å². The summed E-state index contributed by atoms with van der Waals surface area (Å²) in [6.07, 6.45) is 0.101. The maximum Gasteiger partial charge on any atom is 0.236 e. The van der Waals surface area contributed by atoms with Crippen LogP contribution >= 0.6 is 11.3 Å². The van der Waals surface area contributed by atoms with Gasteiger partial charge in [-0.15, -0.1) is 0 Å². The molecule has 2 saturated heterocycles. The van der Waals surface area contributed by atoms with Gasteiger partial charge in [0.15, 0.2) is 10.9 Å². The molecular weight excluding hydrogens is 562 g/mol. The van der Waals surface area contributed by atoms with Crippen molar-refractivity contribution < 1.29 is 35.1 Å². The van der Waals surface area contributed by atoms with E-state index in [1.165, 1.54) is 11.9 Å². The molecule has 0 aliphatic carbocycles. The Hall–Kier alpha value is -4.12. The number of hydrogen-bond acceptors (Lipinski definition) is 9. The number of carbonyl (C=O) groups is 1. The molecule has 0 saturated carbocycles. The molecule has 2 aliphatic heterocycles. The number of aromatic nitrogens is 3. The number of anilines is 3. The number of nitriles is 1. The SMILES string of the molecule is [2H]c1c([2H])c(-c2nc(N(C)c3c(CC)nn4cc(F)c(N5C([2H])([2H])C([2H])([2H])N(CC(=O)N6CC(O)C6)C([2H])([2H])C5([2H])[2H])cc34)sc2C#N)c([2H])c([2H])c1F. The molecule has 42 heavy (non-hydrogen) atoms. The van der Waals surface area contributed by atoms with Crippen LogP contribution in [-0.4, -0.2) is 94.2 Å². The molecule has 0 bridgehead atoms. The Morgan fingerprint density at radius 1 is 1.26 bits per heavy atom. The molecule has 0 spiro atoms. The Balaban J connectivity index is 1.48. The number of aliphatic hydroxyl groups excluding tert-OH is 1. The maximum atomic E-state index is 16.1. The minimum atomic E-state index is -3.55. The topological polar surface area (TPSA) is 104 Å². The number of amides is 1. The second-order valence-corrected chi connectivity index (χ2v) is 10.3. The van der Waals surface area contributed by atoms with Gasteiger partial charge in [-0.3, -0.25) is 9.69 Å². The molecule has 0 unspecified atom stereocenters. The molecule has 1 N–H and O–H groups in total. The Morgan fingerprint density at radius 3 is 2.62 bits per heavy atom. The van der Waals surface area contributed by atoms with Gasteiger partial charge >= 0.3 is 0 Å². The Labute approximate surface area is 262 Å². The highest BCUT2D eigenvalue weighted by molar-refractivity contribution is 7.16. The molecule has 0 atom stereocenters.